The number of aryl methyl sites for hydroxylation is 1. The van der Waals surface area contributed by atoms with Gasteiger partial charge in [0.2, 0.25) is 5.91 Å². The number of hydrogen-bond acceptors (Lipinski definition) is 4. The number of hydrogen-bond donors (Lipinski definition) is 3. The molecule has 9 heteroatoms. The number of likely N-dealkylation sites (tertiary alicyclic amines) is 1. The van der Waals surface area contributed by atoms with Crippen molar-refractivity contribution in [3.8, 4) is 0 Å². The van der Waals surface area contributed by atoms with Crippen LogP contribution in [-0.4, -0.2) is 65.3 Å². The highest BCUT2D eigenvalue weighted by atomic mass is 16.2. The molecule has 0 unspecified atom stereocenters. The Bertz CT molecular complexity index is 965. The van der Waals surface area contributed by atoms with Crippen molar-refractivity contribution in [2.45, 2.75) is 75.8 Å². The molecular formula is C25H36N6O3. The van der Waals surface area contributed by atoms with E-state index in [1.165, 1.54) is 11.1 Å². The minimum absolute atomic E-state index is 0.00132. The van der Waals surface area contributed by atoms with E-state index in [1.54, 1.807) is 0 Å². The lowest BCUT2D eigenvalue weighted by molar-refractivity contribution is -0.143. The van der Waals surface area contributed by atoms with Gasteiger partial charge in [-0.2, -0.15) is 0 Å². The predicted octanol–water partition coefficient (Wildman–Crippen LogP) is 1.64. The minimum Gasteiger partial charge on any atom is -0.370 e. The molecule has 5 N–H and O–H groups in total. The molecule has 2 fully saturated rings. The van der Waals surface area contributed by atoms with Gasteiger partial charge in [0.1, 0.15) is 12.1 Å². The van der Waals surface area contributed by atoms with Gasteiger partial charge in [-0.3, -0.25) is 14.6 Å². The number of nitrogens with one attached hydrogen (secondary N) is 1. The Morgan fingerprint density at radius 1 is 1.21 bits per heavy atom. The smallest absolute Gasteiger partial charge is 0.325 e. The molecule has 184 valence electrons. The SMILES string of the molecule is CCC[C@H](C(=O)N1CCC2(CCc3ccccc32)CC1)N1C(=O)N[C@H](CCCN=C(N)N)C1=O. The maximum Gasteiger partial charge on any atom is 0.325 e. The molecule has 0 bridgehead atoms. The summed E-state index contributed by atoms with van der Waals surface area (Å²) in [5, 5.41) is 2.74. The normalized spacial score (nSPS) is 22.0. The van der Waals surface area contributed by atoms with Crippen molar-refractivity contribution in [3.63, 3.8) is 0 Å². The lowest BCUT2D eigenvalue weighted by Crippen LogP contribution is -2.54. The lowest BCUT2D eigenvalue weighted by Gasteiger charge is -2.41. The van der Waals surface area contributed by atoms with E-state index < -0.39 is 18.1 Å². The number of guanidine groups is 1. The van der Waals surface area contributed by atoms with Crippen LogP contribution >= 0.6 is 0 Å². The third-order valence-corrected chi connectivity index (χ3v) is 7.65. The number of nitrogens with zero attached hydrogens (tertiary/aromatic N) is 3. The predicted molar refractivity (Wildman–Crippen MR) is 130 cm³/mol. The quantitative estimate of drug-likeness (QED) is 0.231. The first kappa shape index (κ1) is 24.0. The van der Waals surface area contributed by atoms with E-state index in [1.807, 2.05) is 11.8 Å². The molecule has 1 aromatic carbocycles. The molecule has 1 spiro atoms. The highest BCUT2D eigenvalue weighted by Crippen LogP contribution is 2.46. The summed E-state index contributed by atoms with van der Waals surface area (Å²) in [6.07, 6.45) is 6.21. The van der Waals surface area contributed by atoms with Crippen molar-refractivity contribution < 1.29 is 14.4 Å². The molecule has 34 heavy (non-hydrogen) atoms. The Morgan fingerprint density at radius 2 is 1.94 bits per heavy atom. The topological polar surface area (TPSA) is 134 Å². The van der Waals surface area contributed by atoms with E-state index in [0.29, 0.717) is 45.3 Å². The second kappa shape index (κ2) is 10.0. The van der Waals surface area contributed by atoms with Gasteiger partial charge in [-0.05, 0) is 61.5 Å². The van der Waals surface area contributed by atoms with Gasteiger partial charge in [-0.15, -0.1) is 0 Å². The number of rotatable bonds is 8. The van der Waals surface area contributed by atoms with Gasteiger partial charge in [-0.1, -0.05) is 37.6 Å². The standard InChI is InChI=1S/C25H36N6O3/c1-2-6-20(31-21(32)19(29-24(31)34)9-5-14-28-23(26)27)22(33)30-15-12-25(13-16-30)11-10-17-7-3-4-8-18(17)25/h3-4,7-8,19-20H,2,5-6,9-16H2,1H3,(H,29,34)(H4,26,27,28)/t19-,20-/m1/s1. The van der Waals surface area contributed by atoms with Crippen LogP contribution in [0.5, 0.6) is 0 Å². The van der Waals surface area contributed by atoms with Crippen molar-refractivity contribution in [2.75, 3.05) is 19.6 Å². The van der Waals surface area contributed by atoms with Crippen LogP contribution in [0.2, 0.25) is 0 Å². The Hall–Kier alpha value is -3.10. The molecule has 1 aromatic rings. The molecule has 4 amide bonds. The number of urea groups is 1. The molecule has 9 nitrogen and oxygen atoms in total. The Kier molecular flexibility index (Phi) is 7.09. The summed E-state index contributed by atoms with van der Waals surface area (Å²) in [6, 6.07) is 6.76. The fourth-order valence-corrected chi connectivity index (χ4v) is 5.83. The minimum atomic E-state index is -0.759. The first-order valence-electron chi connectivity index (χ1n) is 12.4. The van der Waals surface area contributed by atoms with Crippen molar-refractivity contribution in [3.05, 3.63) is 35.4 Å². The molecule has 0 aromatic heterocycles. The van der Waals surface area contributed by atoms with Crippen LogP contribution in [0, 0.1) is 0 Å². The van der Waals surface area contributed by atoms with Crippen molar-refractivity contribution in [1.82, 2.24) is 15.1 Å². The zero-order valence-corrected chi connectivity index (χ0v) is 20.0. The van der Waals surface area contributed by atoms with Crippen molar-refractivity contribution in [2.24, 2.45) is 16.5 Å². The molecule has 2 aliphatic heterocycles. The van der Waals surface area contributed by atoms with Gasteiger partial charge in [-0.25, -0.2) is 9.69 Å². The molecule has 2 atom stereocenters. The van der Waals surface area contributed by atoms with Gasteiger partial charge < -0.3 is 21.7 Å². The molecule has 2 saturated heterocycles. The zero-order valence-electron chi connectivity index (χ0n) is 20.0. The number of carbonyl (C=O) groups excluding carboxylic acids is 3. The molecule has 0 radical (unpaired) electrons. The number of piperidine rings is 1. The molecule has 3 aliphatic rings. The number of benzene rings is 1. The summed E-state index contributed by atoms with van der Waals surface area (Å²) in [5.74, 6) is -0.450. The van der Waals surface area contributed by atoms with Gasteiger partial charge >= 0.3 is 6.03 Å². The summed E-state index contributed by atoms with van der Waals surface area (Å²) in [5.41, 5.74) is 13.7. The fraction of sp³-hybridized carbons (Fsp3) is 0.600. The van der Waals surface area contributed by atoms with Crippen LogP contribution in [0.15, 0.2) is 29.3 Å². The van der Waals surface area contributed by atoms with E-state index >= 15 is 0 Å². The van der Waals surface area contributed by atoms with Crippen LogP contribution in [-0.2, 0) is 21.4 Å². The van der Waals surface area contributed by atoms with Crippen LogP contribution < -0.4 is 16.8 Å². The third kappa shape index (κ3) is 4.60. The lowest BCUT2D eigenvalue weighted by atomic mass is 9.74. The van der Waals surface area contributed by atoms with Crippen LogP contribution in [0.1, 0.15) is 63.0 Å². The zero-order chi connectivity index (χ0) is 24.3. The number of amides is 4. The summed E-state index contributed by atoms with van der Waals surface area (Å²) in [6.45, 7) is 3.65. The second-order valence-corrected chi connectivity index (χ2v) is 9.73. The summed E-state index contributed by atoms with van der Waals surface area (Å²) in [4.78, 5) is 46.3. The van der Waals surface area contributed by atoms with Crippen LogP contribution in [0.25, 0.3) is 0 Å². The molecule has 4 rings (SSSR count). The molecule has 0 saturated carbocycles. The number of fused-ring (bicyclic) bond motifs is 2. The molecular weight excluding hydrogens is 432 g/mol. The summed E-state index contributed by atoms with van der Waals surface area (Å²) in [7, 11) is 0. The largest absolute Gasteiger partial charge is 0.370 e. The summed E-state index contributed by atoms with van der Waals surface area (Å²) >= 11 is 0. The average molecular weight is 469 g/mol. The van der Waals surface area contributed by atoms with E-state index in [-0.39, 0.29) is 23.2 Å². The van der Waals surface area contributed by atoms with E-state index in [9.17, 15) is 14.4 Å². The van der Waals surface area contributed by atoms with Gasteiger partial charge in [0.25, 0.3) is 5.91 Å². The Labute approximate surface area is 200 Å². The second-order valence-electron chi connectivity index (χ2n) is 9.73. The van der Waals surface area contributed by atoms with Crippen molar-refractivity contribution in [1.29, 1.82) is 0 Å². The molecule has 2 heterocycles. The number of nitrogens with two attached hydrogens (primary N) is 2. The number of aliphatic imine (C=N–C) groups is 1. The van der Waals surface area contributed by atoms with Gasteiger partial charge in [0, 0.05) is 19.6 Å². The maximum absolute atomic E-state index is 13.6. The fourth-order valence-electron chi connectivity index (χ4n) is 5.83. The third-order valence-electron chi connectivity index (χ3n) is 7.65. The van der Waals surface area contributed by atoms with Gasteiger partial charge in [0.15, 0.2) is 5.96 Å². The van der Waals surface area contributed by atoms with E-state index in [4.69, 9.17) is 11.5 Å². The first-order chi connectivity index (χ1) is 16.4. The number of carbonyl (C=O) groups is 3. The van der Waals surface area contributed by atoms with E-state index in [2.05, 4.69) is 34.6 Å². The van der Waals surface area contributed by atoms with Crippen LogP contribution in [0.3, 0.4) is 0 Å². The van der Waals surface area contributed by atoms with E-state index in [0.717, 1.165) is 30.6 Å². The number of imide groups is 1. The first-order valence-corrected chi connectivity index (χ1v) is 12.4. The highest BCUT2D eigenvalue weighted by molar-refractivity contribution is 6.07. The maximum atomic E-state index is 13.6. The monoisotopic (exact) mass is 468 g/mol. The average Bonchev–Trinajstić information content (AvgIpc) is 3.32. The van der Waals surface area contributed by atoms with Gasteiger partial charge in [0.05, 0.1) is 0 Å². The van der Waals surface area contributed by atoms with Crippen molar-refractivity contribution >= 4 is 23.8 Å². The Balaban J connectivity index is 1.40. The Morgan fingerprint density at radius 3 is 2.65 bits per heavy atom. The summed E-state index contributed by atoms with van der Waals surface area (Å²) < 4.78 is 0. The highest BCUT2D eigenvalue weighted by Gasteiger charge is 2.47. The molecule has 1 aliphatic carbocycles. The van der Waals surface area contributed by atoms with Crippen LogP contribution in [0.4, 0.5) is 4.79 Å².